The first-order valence-electron chi connectivity index (χ1n) is 7.10. The molecule has 0 saturated heterocycles. The molecule has 0 radical (unpaired) electrons. The van der Waals surface area contributed by atoms with Gasteiger partial charge < -0.3 is 14.2 Å². The number of carbonyl (C=O) groups is 1. The lowest BCUT2D eigenvalue weighted by Crippen LogP contribution is -2.16. The Bertz CT molecular complexity index is 537. The molecule has 0 aliphatic heterocycles. The Kier molecular flexibility index (Phi) is 7.75. The Morgan fingerprint density at radius 1 is 1.36 bits per heavy atom. The largest absolute Gasteiger partial charge is 0.466 e. The summed E-state index contributed by atoms with van der Waals surface area (Å²) in [6.45, 7) is 5.59. The second kappa shape index (κ2) is 9.60. The van der Waals surface area contributed by atoms with Crippen LogP contribution in [-0.4, -0.2) is 18.9 Å². The molecule has 0 aliphatic carbocycles. The molecule has 0 N–H and O–H groups in total. The quantitative estimate of drug-likeness (QED) is 0.317. The number of allylic oxidation sites excluding steroid dienone is 3. The molecule has 0 saturated carbocycles. The van der Waals surface area contributed by atoms with Gasteiger partial charge in [0.05, 0.1) is 19.3 Å². The second-order valence-electron chi connectivity index (χ2n) is 4.41. The van der Waals surface area contributed by atoms with Crippen molar-refractivity contribution in [3.8, 4) is 5.75 Å². The van der Waals surface area contributed by atoms with Crippen LogP contribution in [0.1, 0.15) is 26.3 Å². The smallest absolute Gasteiger partial charge is 0.310 e. The van der Waals surface area contributed by atoms with Crippen molar-refractivity contribution in [3.63, 3.8) is 0 Å². The molecule has 1 aromatic carbocycles. The van der Waals surface area contributed by atoms with Gasteiger partial charge in [-0.15, -0.1) is 0 Å². The van der Waals surface area contributed by atoms with Crippen LogP contribution < -0.4 is 4.74 Å². The summed E-state index contributed by atoms with van der Waals surface area (Å²) >= 11 is 0. The van der Waals surface area contributed by atoms with Crippen LogP contribution in [0.2, 0.25) is 0 Å². The molecule has 1 rings (SSSR count). The Morgan fingerprint density at radius 3 is 2.82 bits per heavy atom. The topological polar surface area (TPSA) is 44.8 Å². The highest BCUT2D eigenvalue weighted by molar-refractivity contribution is 5.73. The molecule has 0 aliphatic rings. The molecule has 1 unspecified atom stereocenters. The van der Waals surface area contributed by atoms with Crippen LogP contribution in [0.3, 0.4) is 0 Å². The normalized spacial score (nSPS) is 12.5. The zero-order valence-corrected chi connectivity index (χ0v) is 13.0. The monoisotopic (exact) mass is 308 g/mol. The lowest BCUT2D eigenvalue weighted by atomic mass is 10.1. The molecule has 4 nitrogen and oxygen atoms in total. The van der Waals surface area contributed by atoms with Gasteiger partial charge in [0, 0.05) is 12.5 Å². The number of hydrogen-bond acceptors (Lipinski definition) is 4. The van der Waals surface area contributed by atoms with Crippen LogP contribution in [0.25, 0.3) is 0 Å². The van der Waals surface area contributed by atoms with Gasteiger partial charge in [-0.25, -0.2) is 4.39 Å². The molecule has 0 amide bonds. The number of carbonyl (C=O) groups excluding carboxylic acids is 1. The highest BCUT2D eigenvalue weighted by atomic mass is 19.1. The third-order valence-corrected chi connectivity index (χ3v) is 2.61. The van der Waals surface area contributed by atoms with Gasteiger partial charge in [-0.2, -0.15) is 0 Å². The summed E-state index contributed by atoms with van der Waals surface area (Å²) in [6, 6.07) is 4.00. The summed E-state index contributed by atoms with van der Waals surface area (Å²) in [7, 11) is 0. The number of esters is 1. The van der Waals surface area contributed by atoms with Gasteiger partial charge in [-0.05, 0) is 38.1 Å². The predicted molar refractivity (Wildman–Crippen MR) is 81.9 cm³/mol. The van der Waals surface area contributed by atoms with Gasteiger partial charge in [0.2, 0.25) is 6.29 Å². The van der Waals surface area contributed by atoms with Gasteiger partial charge in [-0.1, -0.05) is 12.2 Å². The van der Waals surface area contributed by atoms with Crippen LogP contribution in [0.4, 0.5) is 4.39 Å². The third kappa shape index (κ3) is 6.43. The SMILES string of the molecule is C/C=C/C=C\OC(C)Oc1ccc(F)cc1CC(=O)OCC. The zero-order chi connectivity index (χ0) is 16.4. The van der Waals surface area contributed by atoms with Gasteiger partial charge in [0.25, 0.3) is 0 Å². The fourth-order valence-corrected chi connectivity index (χ4v) is 1.69. The minimum atomic E-state index is -0.576. The molecule has 5 heteroatoms. The number of hydrogen-bond donors (Lipinski definition) is 0. The minimum Gasteiger partial charge on any atom is -0.466 e. The average Bonchev–Trinajstić information content (AvgIpc) is 2.47. The molecular weight excluding hydrogens is 287 g/mol. The van der Waals surface area contributed by atoms with Crippen molar-refractivity contribution in [1.29, 1.82) is 0 Å². The molecule has 22 heavy (non-hydrogen) atoms. The van der Waals surface area contributed by atoms with Crippen LogP contribution in [0.15, 0.2) is 42.7 Å². The summed E-state index contributed by atoms with van der Waals surface area (Å²) in [5.41, 5.74) is 0.423. The van der Waals surface area contributed by atoms with E-state index in [-0.39, 0.29) is 13.0 Å². The van der Waals surface area contributed by atoms with Crippen molar-refractivity contribution < 1.29 is 23.4 Å². The Labute approximate surface area is 130 Å². The van der Waals surface area contributed by atoms with Gasteiger partial charge in [0.15, 0.2) is 0 Å². The first kappa shape index (κ1) is 17.8. The van der Waals surface area contributed by atoms with Crippen molar-refractivity contribution >= 4 is 5.97 Å². The lowest BCUT2D eigenvalue weighted by Gasteiger charge is -2.16. The second-order valence-corrected chi connectivity index (χ2v) is 4.41. The molecule has 120 valence electrons. The fourth-order valence-electron chi connectivity index (χ4n) is 1.69. The summed E-state index contributed by atoms with van der Waals surface area (Å²) in [6.07, 6.45) is 6.28. The maximum Gasteiger partial charge on any atom is 0.310 e. The zero-order valence-electron chi connectivity index (χ0n) is 13.0. The highest BCUT2D eigenvalue weighted by Gasteiger charge is 2.13. The number of halogens is 1. The van der Waals surface area contributed by atoms with E-state index in [4.69, 9.17) is 14.2 Å². The molecule has 0 fully saturated rings. The van der Waals surface area contributed by atoms with Crippen molar-refractivity contribution in [2.24, 2.45) is 0 Å². The Hall–Kier alpha value is -2.30. The van der Waals surface area contributed by atoms with Gasteiger partial charge >= 0.3 is 5.97 Å². The van der Waals surface area contributed by atoms with Crippen molar-refractivity contribution in [2.45, 2.75) is 33.5 Å². The standard InChI is InChI=1S/C17H21FO4/c1-4-6-7-10-21-13(3)22-16-9-8-15(18)11-14(16)12-17(19)20-5-2/h4,6-11,13H,5,12H2,1-3H3/b6-4+,10-7-. The fraction of sp³-hybridized carbons (Fsp3) is 0.353. The van der Waals surface area contributed by atoms with Crippen LogP contribution >= 0.6 is 0 Å². The maximum absolute atomic E-state index is 13.4. The molecular formula is C17H21FO4. The van der Waals surface area contributed by atoms with E-state index in [0.29, 0.717) is 11.3 Å². The van der Waals surface area contributed by atoms with Crippen molar-refractivity contribution in [1.82, 2.24) is 0 Å². The maximum atomic E-state index is 13.4. The highest BCUT2D eigenvalue weighted by Crippen LogP contribution is 2.22. The molecule has 0 bridgehead atoms. The lowest BCUT2D eigenvalue weighted by molar-refractivity contribution is -0.142. The molecule has 0 aromatic heterocycles. The first-order chi connectivity index (χ1) is 10.6. The number of ether oxygens (including phenoxy) is 3. The average molecular weight is 308 g/mol. The molecule has 1 atom stereocenters. The van der Waals surface area contributed by atoms with E-state index in [9.17, 15) is 9.18 Å². The van der Waals surface area contributed by atoms with Crippen LogP contribution in [0.5, 0.6) is 5.75 Å². The van der Waals surface area contributed by atoms with Crippen molar-refractivity contribution in [2.75, 3.05) is 6.61 Å². The van der Waals surface area contributed by atoms with E-state index < -0.39 is 18.1 Å². The summed E-state index contributed by atoms with van der Waals surface area (Å²) in [5, 5.41) is 0. The van der Waals surface area contributed by atoms with E-state index in [1.165, 1.54) is 24.5 Å². The van der Waals surface area contributed by atoms with Crippen LogP contribution in [0, 0.1) is 5.82 Å². The first-order valence-corrected chi connectivity index (χ1v) is 7.10. The van der Waals surface area contributed by atoms with Gasteiger partial charge in [-0.3, -0.25) is 4.79 Å². The summed E-state index contributed by atoms with van der Waals surface area (Å²) < 4.78 is 29.1. The molecule has 0 heterocycles. The van der Waals surface area contributed by atoms with Gasteiger partial charge in [0.1, 0.15) is 11.6 Å². The molecule has 1 aromatic rings. The van der Waals surface area contributed by atoms with E-state index in [2.05, 4.69) is 0 Å². The van der Waals surface area contributed by atoms with E-state index in [0.717, 1.165) is 0 Å². The number of benzene rings is 1. The van der Waals surface area contributed by atoms with E-state index >= 15 is 0 Å². The Morgan fingerprint density at radius 2 is 2.14 bits per heavy atom. The molecule has 0 spiro atoms. The van der Waals surface area contributed by atoms with E-state index in [1.54, 1.807) is 19.9 Å². The Balaban J connectivity index is 2.74. The third-order valence-electron chi connectivity index (χ3n) is 2.61. The summed E-state index contributed by atoms with van der Waals surface area (Å²) in [4.78, 5) is 11.6. The number of rotatable bonds is 8. The summed E-state index contributed by atoms with van der Waals surface area (Å²) in [5.74, 6) is -0.478. The minimum absolute atomic E-state index is 0.0535. The van der Waals surface area contributed by atoms with E-state index in [1.807, 2.05) is 19.1 Å². The predicted octanol–water partition coefficient (Wildman–Crippen LogP) is 3.76. The van der Waals surface area contributed by atoms with Crippen molar-refractivity contribution in [3.05, 3.63) is 54.1 Å². The van der Waals surface area contributed by atoms with Crippen LogP contribution in [-0.2, 0) is 20.7 Å².